The van der Waals surface area contributed by atoms with E-state index in [1.54, 1.807) is 34.6 Å². The zero-order chi connectivity index (χ0) is 13.2. The maximum Gasteiger partial charge on any atom is 0.277 e. The molecule has 0 bridgehead atoms. The number of amidine groups is 1. The molecule has 0 amide bonds. The molecule has 6 nitrogen and oxygen atoms in total. The first kappa shape index (κ1) is 15.3. The van der Waals surface area contributed by atoms with Gasteiger partial charge in [0.15, 0.2) is 0 Å². The molecule has 0 aliphatic carbocycles. The molecule has 0 unspecified atom stereocenters. The predicted octanol–water partition coefficient (Wildman–Crippen LogP) is 0.171. The first-order valence-corrected chi connectivity index (χ1v) is 6.47. The number of hydrogen-bond acceptors (Lipinski definition) is 3. The van der Waals surface area contributed by atoms with Gasteiger partial charge in [-0.3, -0.25) is 5.41 Å². The molecule has 0 aromatic heterocycles. The van der Waals surface area contributed by atoms with Crippen molar-refractivity contribution in [1.82, 2.24) is 9.44 Å². The van der Waals surface area contributed by atoms with Crippen LogP contribution in [0.2, 0.25) is 0 Å². The van der Waals surface area contributed by atoms with Crippen molar-refractivity contribution < 1.29 is 8.42 Å². The van der Waals surface area contributed by atoms with Crippen molar-refractivity contribution in [3.05, 3.63) is 0 Å². The summed E-state index contributed by atoms with van der Waals surface area (Å²) in [4.78, 5) is 0. The van der Waals surface area contributed by atoms with Crippen LogP contribution in [0, 0.1) is 10.8 Å². The zero-order valence-electron chi connectivity index (χ0n) is 10.5. The third-order valence-corrected chi connectivity index (χ3v) is 3.28. The highest BCUT2D eigenvalue weighted by atomic mass is 32.2. The summed E-state index contributed by atoms with van der Waals surface area (Å²) in [5.74, 6) is -0.0500. The Morgan fingerprint density at radius 2 is 1.69 bits per heavy atom. The third-order valence-electron chi connectivity index (χ3n) is 1.87. The van der Waals surface area contributed by atoms with Crippen molar-refractivity contribution in [3.8, 4) is 0 Å². The fraction of sp³-hybridized carbons (Fsp3) is 0.889. The molecule has 0 aliphatic heterocycles. The molecular weight excluding hydrogens is 228 g/mol. The molecule has 0 aliphatic rings. The van der Waals surface area contributed by atoms with Crippen LogP contribution in [0.4, 0.5) is 0 Å². The SMILES string of the molecule is CC(C)(C)NS(=O)(=O)NCC(C)(C)C(=N)N. The summed E-state index contributed by atoms with van der Waals surface area (Å²) in [5, 5.41) is 7.31. The van der Waals surface area contributed by atoms with E-state index in [1.165, 1.54) is 0 Å². The molecule has 0 saturated heterocycles. The lowest BCUT2D eigenvalue weighted by Gasteiger charge is -2.25. The van der Waals surface area contributed by atoms with Crippen LogP contribution in [0.1, 0.15) is 34.6 Å². The highest BCUT2D eigenvalue weighted by Gasteiger charge is 2.26. The lowest BCUT2D eigenvalue weighted by molar-refractivity contribution is 0.461. The lowest BCUT2D eigenvalue weighted by Crippen LogP contribution is -2.50. The molecule has 0 rings (SSSR count). The second-order valence-electron chi connectivity index (χ2n) is 5.47. The summed E-state index contributed by atoms with van der Waals surface area (Å²) in [7, 11) is -3.56. The van der Waals surface area contributed by atoms with Gasteiger partial charge in [-0.25, -0.2) is 4.72 Å². The van der Waals surface area contributed by atoms with Gasteiger partial charge >= 0.3 is 0 Å². The Balaban J connectivity index is 4.48. The lowest BCUT2D eigenvalue weighted by atomic mass is 9.93. The van der Waals surface area contributed by atoms with Gasteiger partial charge in [0.1, 0.15) is 0 Å². The Morgan fingerprint density at radius 3 is 2.00 bits per heavy atom. The van der Waals surface area contributed by atoms with Crippen LogP contribution >= 0.6 is 0 Å². The summed E-state index contributed by atoms with van der Waals surface area (Å²) in [6.07, 6.45) is 0. The smallest absolute Gasteiger partial charge is 0.277 e. The van der Waals surface area contributed by atoms with E-state index in [0.717, 1.165) is 0 Å². The monoisotopic (exact) mass is 250 g/mol. The van der Waals surface area contributed by atoms with E-state index >= 15 is 0 Å². The quantitative estimate of drug-likeness (QED) is 0.412. The molecule has 7 heteroatoms. The molecule has 0 radical (unpaired) electrons. The van der Waals surface area contributed by atoms with Gasteiger partial charge in [-0.1, -0.05) is 13.8 Å². The van der Waals surface area contributed by atoms with Crippen LogP contribution in [0.3, 0.4) is 0 Å². The number of hydrogen-bond donors (Lipinski definition) is 4. The standard InChI is InChI=1S/C9H22N4O2S/c1-8(2,3)13-16(14,15)12-6-9(4,5)7(10)11/h12-13H,6H2,1-5H3,(H3,10,11). The topological polar surface area (TPSA) is 108 Å². The second-order valence-corrected chi connectivity index (χ2v) is 6.97. The van der Waals surface area contributed by atoms with Gasteiger partial charge in [-0.15, -0.1) is 0 Å². The Morgan fingerprint density at radius 1 is 1.25 bits per heavy atom. The number of nitrogens with one attached hydrogen (secondary N) is 3. The van der Waals surface area contributed by atoms with Crippen LogP contribution in [-0.4, -0.2) is 26.3 Å². The molecule has 0 fully saturated rings. The minimum Gasteiger partial charge on any atom is -0.387 e. The van der Waals surface area contributed by atoms with E-state index in [9.17, 15) is 8.42 Å². The molecule has 0 aromatic rings. The summed E-state index contributed by atoms with van der Waals surface area (Å²) in [5.41, 5.74) is 4.13. The van der Waals surface area contributed by atoms with Gasteiger partial charge in [0.05, 0.1) is 5.84 Å². The number of nitrogens with two attached hydrogens (primary N) is 1. The fourth-order valence-electron chi connectivity index (χ4n) is 0.810. The van der Waals surface area contributed by atoms with Crippen molar-refractivity contribution in [3.63, 3.8) is 0 Å². The minimum absolute atomic E-state index is 0.0500. The average molecular weight is 250 g/mol. The Kier molecular flexibility index (Phi) is 4.49. The summed E-state index contributed by atoms with van der Waals surface area (Å²) in [6, 6.07) is 0. The normalized spacial score (nSPS) is 13.8. The van der Waals surface area contributed by atoms with Gasteiger partial charge in [-0.2, -0.15) is 13.1 Å². The first-order chi connectivity index (χ1) is 6.86. The molecule has 0 heterocycles. The average Bonchev–Trinajstić information content (AvgIpc) is 1.96. The largest absolute Gasteiger partial charge is 0.387 e. The highest BCUT2D eigenvalue weighted by molar-refractivity contribution is 7.87. The van der Waals surface area contributed by atoms with Gasteiger partial charge in [0.25, 0.3) is 10.2 Å². The van der Waals surface area contributed by atoms with E-state index in [4.69, 9.17) is 11.1 Å². The molecule has 0 saturated carbocycles. The van der Waals surface area contributed by atoms with Gasteiger partial charge in [0, 0.05) is 17.5 Å². The molecule has 0 aromatic carbocycles. The van der Waals surface area contributed by atoms with Crippen molar-refractivity contribution in [2.75, 3.05) is 6.54 Å². The maximum atomic E-state index is 11.6. The molecule has 96 valence electrons. The van der Waals surface area contributed by atoms with Gasteiger partial charge in [-0.05, 0) is 20.8 Å². The van der Waals surface area contributed by atoms with Crippen LogP contribution in [0.25, 0.3) is 0 Å². The van der Waals surface area contributed by atoms with E-state index < -0.39 is 21.2 Å². The minimum atomic E-state index is -3.56. The van der Waals surface area contributed by atoms with Crippen molar-refractivity contribution in [2.45, 2.75) is 40.2 Å². The molecular formula is C9H22N4O2S. The Bertz CT molecular complexity index is 354. The van der Waals surface area contributed by atoms with Crippen molar-refractivity contribution >= 4 is 16.0 Å². The fourth-order valence-corrected chi connectivity index (χ4v) is 2.24. The summed E-state index contributed by atoms with van der Waals surface area (Å²) in [6.45, 7) is 8.75. The van der Waals surface area contributed by atoms with Crippen LogP contribution in [-0.2, 0) is 10.2 Å². The molecule has 5 N–H and O–H groups in total. The van der Waals surface area contributed by atoms with E-state index in [-0.39, 0.29) is 12.4 Å². The van der Waals surface area contributed by atoms with Crippen LogP contribution < -0.4 is 15.2 Å². The van der Waals surface area contributed by atoms with Crippen LogP contribution in [0.15, 0.2) is 0 Å². The van der Waals surface area contributed by atoms with Crippen LogP contribution in [0.5, 0.6) is 0 Å². The Hall–Kier alpha value is -0.660. The summed E-state index contributed by atoms with van der Waals surface area (Å²) >= 11 is 0. The zero-order valence-corrected chi connectivity index (χ0v) is 11.3. The first-order valence-electron chi connectivity index (χ1n) is 4.99. The van der Waals surface area contributed by atoms with Gasteiger partial charge in [0.2, 0.25) is 0 Å². The van der Waals surface area contributed by atoms with Crippen molar-refractivity contribution in [1.29, 1.82) is 5.41 Å². The third kappa shape index (κ3) is 6.04. The number of rotatable bonds is 5. The van der Waals surface area contributed by atoms with Crippen molar-refractivity contribution in [2.24, 2.45) is 11.1 Å². The molecule has 16 heavy (non-hydrogen) atoms. The van der Waals surface area contributed by atoms with E-state index in [1.807, 2.05) is 0 Å². The second kappa shape index (κ2) is 4.68. The predicted molar refractivity (Wildman–Crippen MR) is 65.5 cm³/mol. The molecule has 0 spiro atoms. The van der Waals surface area contributed by atoms with E-state index in [0.29, 0.717) is 0 Å². The summed E-state index contributed by atoms with van der Waals surface area (Å²) < 4.78 is 28.0. The van der Waals surface area contributed by atoms with E-state index in [2.05, 4.69) is 9.44 Å². The highest BCUT2D eigenvalue weighted by Crippen LogP contribution is 2.12. The molecule has 0 atom stereocenters. The Labute approximate surface area is 97.7 Å². The van der Waals surface area contributed by atoms with Gasteiger partial charge < -0.3 is 5.73 Å². The maximum absolute atomic E-state index is 11.6.